The molecule has 110 valence electrons. The van der Waals surface area contributed by atoms with Crippen molar-refractivity contribution in [3.8, 4) is 11.8 Å². The monoisotopic (exact) mass is 278 g/mol. The second kappa shape index (κ2) is 8.70. The summed E-state index contributed by atoms with van der Waals surface area (Å²) >= 11 is 0. The van der Waals surface area contributed by atoms with Crippen LogP contribution in [0.5, 0.6) is 0 Å². The number of aliphatic hydroxyl groups excluding tert-OH is 1. The zero-order chi connectivity index (χ0) is 15.0. The molecule has 0 aliphatic heterocycles. The van der Waals surface area contributed by atoms with Crippen LogP contribution < -0.4 is 5.73 Å². The Labute approximate surface area is 120 Å². The van der Waals surface area contributed by atoms with E-state index in [2.05, 4.69) is 30.6 Å². The van der Waals surface area contributed by atoms with Crippen molar-refractivity contribution in [3.63, 3.8) is 0 Å². The van der Waals surface area contributed by atoms with Crippen LogP contribution in [-0.4, -0.2) is 35.7 Å². The van der Waals surface area contributed by atoms with Crippen molar-refractivity contribution < 1.29 is 9.50 Å². The molecule has 0 aliphatic rings. The van der Waals surface area contributed by atoms with Crippen LogP contribution in [0.1, 0.15) is 31.4 Å². The van der Waals surface area contributed by atoms with Crippen LogP contribution in [0.3, 0.4) is 0 Å². The van der Waals surface area contributed by atoms with Gasteiger partial charge in [-0.05, 0) is 38.0 Å². The highest BCUT2D eigenvalue weighted by molar-refractivity contribution is 5.38. The number of hydrogen-bond donors (Lipinski definition) is 2. The van der Waals surface area contributed by atoms with E-state index in [0.717, 1.165) is 25.1 Å². The van der Waals surface area contributed by atoms with Gasteiger partial charge in [0.1, 0.15) is 5.82 Å². The van der Waals surface area contributed by atoms with Crippen LogP contribution in [-0.2, 0) is 6.54 Å². The van der Waals surface area contributed by atoms with Crippen molar-refractivity contribution in [1.29, 1.82) is 0 Å². The minimum atomic E-state index is -0.318. The van der Waals surface area contributed by atoms with E-state index in [4.69, 9.17) is 10.8 Å². The number of hydrogen-bond acceptors (Lipinski definition) is 3. The first-order valence-corrected chi connectivity index (χ1v) is 6.90. The second-order valence-corrected chi connectivity index (χ2v) is 4.96. The summed E-state index contributed by atoms with van der Waals surface area (Å²) in [5.74, 6) is 5.11. The molecule has 0 spiro atoms. The lowest BCUT2D eigenvalue weighted by Gasteiger charge is -2.26. The molecule has 0 atom stereocenters. The molecule has 0 radical (unpaired) electrons. The van der Waals surface area contributed by atoms with Crippen LogP contribution in [0, 0.1) is 17.7 Å². The summed E-state index contributed by atoms with van der Waals surface area (Å²) < 4.78 is 13.6. The molecule has 0 fully saturated rings. The van der Waals surface area contributed by atoms with Crippen molar-refractivity contribution in [2.45, 2.75) is 32.9 Å². The fourth-order valence-electron chi connectivity index (χ4n) is 1.94. The first-order chi connectivity index (χ1) is 9.58. The van der Waals surface area contributed by atoms with Crippen LogP contribution in [0.25, 0.3) is 0 Å². The topological polar surface area (TPSA) is 49.5 Å². The lowest BCUT2D eigenvalue weighted by Crippen LogP contribution is -2.31. The van der Waals surface area contributed by atoms with E-state index in [0.29, 0.717) is 11.6 Å². The molecule has 1 aromatic carbocycles. The Hall–Kier alpha value is -1.41. The normalized spacial score (nSPS) is 10.8. The van der Waals surface area contributed by atoms with Gasteiger partial charge in [0.15, 0.2) is 0 Å². The third kappa shape index (κ3) is 5.30. The Balaban J connectivity index is 2.84. The molecule has 0 aromatic heterocycles. The average Bonchev–Trinajstić information content (AvgIpc) is 2.43. The van der Waals surface area contributed by atoms with Gasteiger partial charge in [-0.25, -0.2) is 4.39 Å². The van der Waals surface area contributed by atoms with Gasteiger partial charge in [-0.2, -0.15) is 0 Å². The third-order valence-electron chi connectivity index (χ3n) is 3.08. The SMILES string of the molecule is CC(C)N(CCCO)Cc1ccc(F)c(C#CCN)c1. The fraction of sp³-hybridized carbons (Fsp3) is 0.500. The smallest absolute Gasteiger partial charge is 0.138 e. The lowest BCUT2D eigenvalue weighted by molar-refractivity contribution is 0.185. The van der Waals surface area contributed by atoms with Gasteiger partial charge in [0.05, 0.1) is 12.1 Å². The van der Waals surface area contributed by atoms with Gasteiger partial charge < -0.3 is 10.8 Å². The zero-order valence-electron chi connectivity index (χ0n) is 12.2. The number of nitrogens with zero attached hydrogens (tertiary/aromatic N) is 1. The first-order valence-electron chi connectivity index (χ1n) is 6.90. The molecule has 20 heavy (non-hydrogen) atoms. The summed E-state index contributed by atoms with van der Waals surface area (Å²) in [7, 11) is 0. The van der Waals surface area contributed by atoms with Crippen LogP contribution >= 0.6 is 0 Å². The van der Waals surface area contributed by atoms with Gasteiger partial charge in [-0.3, -0.25) is 4.90 Å². The fourth-order valence-corrected chi connectivity index (χ4v) is 1.94. The van der Waals surface area contributed by atoms with Gasteiger partial charge in [-0.1, -0.05) is 17.9 Å². The second-order valence-electron chi connectivity index (χ2n) is 4.96. The van der Waals surface area contributed by atoms with E-state index >= 15 is 0 Å². The number of aliphatic hydroxyl groups is 1. The van der Waals surface area contributed by atoms with E-state index in [1.807, 2.05) is 0 Å². The summed E-state index contributed by atoms with van der Waals surface area (Å²) in [5.41, 5.74) is 6.71. The summed E-state index contributed by atoms with van der Waals surface area (Å²) in [6.45, 7) is 6.15. The molecule has 0 aliphatic carbocycles. The standard InChI is InChI=1S/C16H23FN2O/c1-13(2)19(9-4-10-20)12-14-6-7-16(17)15(11-14)5-3-8-18/h6-7,11,13,20H,4,8-10,12,18H2,1-2H3. The van der Waals surface area contributed by atoms with Crippen LogP contribution in [0.15, 0.2) is 18.2 Å². The Morgan fingerprint density at radius 2 is 2.15 bits per heavy atom. The number of nitrogens with two attached hydrogens (primary N) is 1. The molecule has 3 nitrogen and oxygen atoms in total. The molecule has 0 saturated heterocycles. The maximum absolute atomic E-state index is 13.6. The van der Waals surface area contributed by atoms with Crippen molar-refractivity contribution in [2.24, 2.45) is 5.73 Å². The molecule has 0 heterocycles. The largest absolute Gasteiger partial charge is 0.396 e. The summed E-state index contributed by atoms with van der Waals surface area (Å²) in [6.07, 6.45) is 0.735. The predicted octanol–water partition coefficient (Wildman–Crippen LogP) is 1.73. The molecule has 0 saturated carbocycles. The molecule has 1 rings (SSSR count). The number of benzene rings is 1. The molecule has 4 heteroatoms. The van der Waals surface area contributed by atoms with E-state index < -0.39 is 0 Å². The highest BCUT2D eigenvalue weighted by atomic mass is 19.1. The van der Waals surface area contributed by atoms with Crippen molar-refractivity contribution in [3.05, 3.63) is 35.1 Å². The van der Waals surface area contributed by atoms with E-state index in [1.54, 1.807) is 12.1 Å². The van der Waals surface area contributed by atoms with Crippen molar-refractivity contribution in [2.75, 3.05) is 19.7 Å². The van der Waals surface area contributed by atoms with Gasteiger partial charge in [0.2, 0.25) is 0 Å². The molecule has 1 aromatic rings. The minimum Gasteiger partial charge on any atom is -0.396 e. The lowest BCUT2D eigenvalue weighted by atomic mass is 10.1. The Kier molecular flexibility index (Phi) is 7.24. The highest BCUT2D eigenvalue weighted by Crippen LogP contribution is 2.13. The average molecular weight is 278 g/mol. The molecular weight excluding hydrogens is 255 g/mol. The van der Waals surface area contributed by atoms with Gasteiger partial charge in [0.25, 0.3) is 0 Å². The third-order valence-corrected chi connectivity index (χ3v) is 3.08. The maximum Gasteiger partial charge on any atom is 0.138 e. The molecule has 0 unspecified atom stereocenters. The van der Waals surface area contributed by atoms with Crippen LogP contribution in [0.4, 0.5) is 4.39 Å². The summed E-state index contributed by atoms with van der Waals surface area (Å²) in [6, 6.07) is 5.36. The Bertz CT molecular complexity index is 477. The first kappa shape index (κ1) is 16.6. The molecular formula is C16H23FN2O. The Morgan fingerprint density at radius 1 is 1.40 bits per heavy atom. The molecule has 3 N–H and O–H groups in total. The van der Waals surface area contributed by atoms with E-state index in [-0.39, 0.29) is 19.0 Å². The zero-order valence-corrected chi connectivity index (χ0v) is 12.2. The van der Waals surface area contributed by atoms with Crippen LogP contribution in [0.2, 0.25) is 0 Å². The molecule has 0 bridgehead atoms. The highest BCUT2D eigenvalue weighted by Gasteiger charge is 2.10. The molecule has 0 amide bonds. The van der Waals surface area contributed by atoms with Crippen molar-refractivity contribution in [1.82, 2.24) is 4.90 Å². The maximum atomic E-state index is 13.6. The quantitative estimate of drug-likeness (QED) is 0.779. The summed E-state index contributed by atoms with van der Waals surface area (Å²) in [5, 5.41) is 8.93. The number of rotatable bonds is 6. The Morgan fingerprint density at radius 3 is 2.75 bits per heavy atom. The van der Waals surface area contributed by atoms with Gasteiger partial charge in [-0.15, -0.1) is 0 Å². The summed E-state index contributed by atoms with van der Waals surface area (Å²) in [4.78, 5) is 2.24. The number of halogens is 1. The minimum absolute atomic E-state index is 0.180. The predicted molar refractivity (Wildman–Crippen MR) is 79.6 cm³/mol. The van der Waals surface area contributed by atoms with Gasteiger partial charge >= 0.3 is 0 Å². The van der Waals surface area contributed by atoms with Gasteiger partial charge in [0, 0.05) is 25.7 Å². The van der Waals surface area contributed by atoms with E-state index in [9.17, 15) is 4.39 Å². The van der Waals surface area contributed by atoms with Crippen molar-refractivity contribution >= 4 is 0 Å². The van der Waals surface area contributed by atoms with E-state index in [1.165, 1.54) is 6.07 Å².